The SMILES string of the molecule is C[NH+]1CC[NH+]([C@@H](c2ccccc2F)c2nnnn2C[C@H]2CCCO2)CC1. The van der Waals surface area contributed by atoms with Crippen molar-refractivity contribution >= 4 is 0 Å². The Kier molecular flexibility index (Phi) is 5.23. The lowest BCUT2D eigenvalue weighted by atomic mass is 10.0. The second kappa shape index (κ2) is 7.77. The van der Waals surface area contributed by atoms with Gasteiger partial charge in [-0.15, -0.1) is 5.10 Å². The molecule has 7 nitrogen and oxygen atoms in total. The van der Waals surface area contributed by atoms with Gasteiger partial charge in [-0.2, -0.15) is 0 Å². The lowest BCUT2D eigenvalue weighted by molar-refractivity contribution is -1.02. The first kappa shape index (κ1) is 17.5. The molecule has 140 valence electrons. The number of piperazine rings is 1. The third kappa shape index (κ3) is 3.62. The Morgan fingerprint density at radius 1 is 1.27 bits per heavy atom. The summed E-state index contributed by atoms with van der Waals surface area (Å²) in [4.78, 5) is 2.84. The number of likely N-dealkylation sites (N-methyl/N-ethyl adjacent to an activating group) is 1. The van der Waals surface area contributed by atoms with Crippen molar-refractivity contribution in [1.29, 1.82) is 0 Å². The molecule has 1 aromatic carbocycles. The van der Waals surface area contributed by atoms with Gasteiger partial charge in [-0.1, -0.05) is 12.1 Å². The predicted octanol–water partition coefficient (Wildman–Crippen LogP) is -1.51. The minimum Gasteiger partial charge on any atom is -0.376 e. The van der Waals surface area contributed by atoms with Gasteiger partial charge in [0.15, 0.2) is 6.04 Å². The zero-order chi connectivity index (χ0) is 17.9. The number of rotatable bonds is 5. The molecule has 2 N–H and O–H groups in total. The van der Waals surface area contributed by atoms with Crippen molar-refractivity contribution in [3.8, 4) is 0 Å². The summed E-state index contributed by atoms with van der Waals surface area (Å²) >= 11 is 0. The first-order chi connectivity index (χ1) is 12.7. The number of nitrogens with zero attached hydrogens (tertiary/aromatic N) is 4. The summed E-state index contributed by atoms with van der Waals surface area (Å²) in [5.74, 6) is 0.545. The molecule has 3 heterocycles. The number of quaternary nitrogens is 2. The van der Waals surface area contributed by atoms with E-state index in [0.717, 1.165) is 51.5 Å². The number of hydrogen-bond acceptors (Lipinski definition) is 4. The van der Waals surface area contributed by atoms with E-state index in [1.165, 1.54) is 15.9 Å². The van der Waals surface area contributed by atoms with E-state index in [-0.39, 0.29) is 18.0 Å². The van der Waals surface area contributed by atoms with E-state index >= 15 is 0 Å². The molecule has 2 atom stereocenters. The fourth-order valence-corrected chi connectivity index (χ4v) is 4.07. The number of tetrazole rings is 1. The number of ether oxygens (including phenoxy) is 1. The van der Waals surface area contributed by atoms with Gasteiger partial charge in [-0.25, -0.2) is 9.07 Å². The highest BCUT2D eigenvalue weighted by molar-refractivity contribution is 5.24. The molecule has 0 spiro atoms. The van der Waals surface area contributed by atoms with Crippen molar-refractivity contribution in [2.24, 2.45) is 0 Å². The molecular weight excluding hydrogens is 335 g/mol. The Morgan fingerprint density at radius 3 is 2.81 bits per heavy atom. The summed E-state index contributed by atoms with van der Waals surface area (Å²) in [6.07, 6.45) is 2.24. The standard InChI is InChI=1S/C18H25FN6O/c1-23-8-10-24(11-9-23)17(15-6-2-3-7-16(15)19)18-20-21-22-25(18)13-14-5-4-12-26-14/h2-3,6-7,14,17H,4-5,8-13H2,1H3/p+2/t14-,17+/m1/s1. The molecule has 2 aromatic rings. The average Bonchev–Trinajstić information content (AvgIpc) is 3.31. The monoisotopic (exact) mass is 362 g/mol. The zero-order valence-electron chi connectivity index (χ0n) is 15.2. The van der Waals surface area contributed by atoms with Crippen molar-refractivity contribution in [2.75, 3.05) is 39.8 Å². The quantitative estimate of drug-likeness (QED) is 0.679. The minimum atomic E-state index is -0.194. The minimum absolute atomic E-state index is 0.144. The summed E-state index contributed by atoms with van der Waals surface area (Å²) in [6, 6.07) is 6.82. The van der Waals surface area contributed by atoms with Crippen LogP contribution in [0.5, 0.6) is 0 Å². The van der Waals surface area contributed by atoms with Crippen LogP contribution in [0.15, 0.2) is 24.3 Å². The van der Waals surface area contributed by atoms with Gasteiger partial charge in [0.25, 0.3) is 0 Å². The van der Waals surface area contributed by atoms with Gasteiger partial charge in [0.1, 0.15) is 32.0 Å². The lowest BCUT2D eigenvalue weighted by Crippen LogP contribution is -3.27. The summed E-state index contributed by atoms with van der Waals surface area (Å²) in [7, 11) is 2.20. The molecule has 2 aliphatic heterocycles. The second-order valence-electron chi connectivity index (χ2n) is 7.42. The summed E-state index contributed by atoms with van der Waals surface area (Å²) < 4.78 is 22.3. The van der Waals surface area contributed by atoms with Gasteiger partial charge < -0.3 is 14.5 Å². The highest BCUT2D eigenvalue weighted by atomic mass is 19.1. The molecular formula is C18H27FN6O+2. The molecule has 2 fully saturated rings. The highest BCUT2D eigenvalue weighted by Crippen LogP contribution is 2.21. The van der Waals surface area contributed by atoms with E-state index in [1.54, 1.807) is 6.07 Å². The van der Waals surface area contributed by atoms with Crippen LogP contribution in [-0.2, 0) is 11.3 Å². The number of nitrogens with one attached hydrogen (secondary N) is 2. The van der Waals surface area contributed by atoms with Crippen LogP contribution in [-0.4, -0.2) is 66.1 Å². The highest BCUT2D eigenvalue weighted by Gasteiger charge is 2.36. The Balaban J connectivity index is 1.67. The fraction of sp³-hybridized carbons (Fsp3) is 0.611. The molecule has 26 heavy (non-hydrogen) atoms. The van der Waals surface area contributed by atoms with Crippen LogP contribution in [0.2, 0.25) is 0 Å². The van der Waals surface area contributed by atoms with E-state index in [4.69, 9.17) is 4.74 Å². The van der Waals surface area contributed by atoms with E-state index in [2.05, 4.69) is 22.6 Å². The molecule has 0 saturated carbocycles. The maximum atomic E-state index is 14.7. The number of hydrogen-bond donors (Lipinski definition) is 2. The third-order valence-electron chi connectivity index (χ3n) is 5.59. The van der Waals surface area contributed by atoms with E-state index in [1.807, 2.05) is 16.8 Å². The lowest BCUT2D eigenvalue weighted by Gasteiger charge is -2.33. The molecule has 0 amide bonds. The first-order valence-electron chi connectivity index (χ1n) is 9.50. The van der Waals surface area contributed by atoms with Crippen LogP contribution in [0.3, 0.4) is 0 Å². The average molecular weight is 362 g/mol. The van der Waals surface area contributed by atoms with Crippen LogP contribution in [0.1, 0.15) is 30.3 Å². The molecule has 0 radical (unpaired) electrons. The van der Waals surface area contributed by atoms with Crippen molar-refractivity contribution in [3.05, 3.63) is 41.5 Å². The van der Waals surface area contributed by atoms with Crippen LogP contribution < -0.4 is 9.80 Å². The Hall–Kier alpha value is -1.90. The number of benzene rings is 1. The van der Waals surface area contributed by atoms with E-state index < -0.39 is 0 Å². The Labute approximate surface area is 152 Å². The van der Waals surface area contributed by atoms with Gasteiger partial charge in [0.2, 0.25) is 5.82 Å². The summed E-state index contributed by atoms with van der Waals surface area (Å²) in [5.41, 5.74) is 0.672. The predicted molar refractivity (Wildman–Crippen MR) is 92.4 cm³/mol. The third-order valence-corrected chi connectivity index (χ3v) is 5.59. The van der Waals surface area contributed by atoms with Crippen LogP contribution in [0, 0.1) is 5.82 Å². The van der Waals surface area contributed by atoms with Gasteiger partial charge >= 0.3 is 0 Å². The van der Waals surface area contributed by atoms with Crippen LogP contribution in [0.4, 0.5) is 4.39 Å². The second-order valence-corrected chi connectivity index (χ2v) is 7.42. The normalized spacial score (nSPS) is 27.5. The molecule has 4 rings (SSSR count). The zero-order valence-corrected chi connectivity index (χ0v) is 15.2. The van der Waals surface area contributed by atoms with Crippen molar-refractivity contribution in [2.45, 2.75) is 31.5 Å². The largest absolute Gasteiger partial charge is 0.376 e. The molecule has 2 aliphatic rings. The van der Waals surface area contributed by atoms with E-state index in [0.29, 0.717) is 12.1 Å². The van der Waals surface area contributed by atoms with Crippen molar-refractivity contribution < 1.29 is 18.9 Å². The maximum absolute atomic E-state index is 14.7. The topological polar surface area (TPSA) is 61.7 Å². The first-order valence-corrected chi connectivity index (χ1v) is 9.50. The number of aromatic nitrogens is 4. The number of halogens is 1. The molecule has 2 saturated heterocycles. The Bertz CT molecular complexity index is 724. The van der Waals surface area contributed by atoms with Crippen molar-refractivity contribution in [3.63, 3.8) is 0 Å². The molecule has 1 aromatic heterocycles. The van der Waals surface area contributed by atoms with Gasteiger partial charge in [-0.3, -0.25) is 0 Å². The fourth-order valence-electron chi connectivity index (χ4n) is 4.07. The van der Waals surface area contributed by atoms with Gasteiger partial charge in [0, 0.05) is 6.61 Å². The van der Waals surface area contributed by atoms with Crippen molar-refractivity contribution in [1.82, 2.24) is 20.2 Å². The molecule has 0 bridgehead atoms. The Morgan fingerprint density at radius 2 is 2.08 bits per heavy atom. The molecule has 8 heteroatoms. The maximum Gasteiger partial charge on any atom is 0.214 e. The van der Waals surface area contributed by atoms with Crippen LogP contribution >= 0.6 is 0 Å². The molecule has 0 aliphatic carbocycles. The van der Waals surface area contributed by atoms with Crippen LogP contribution in [0.25, 0.3) is 0 Å². The van der Waals surface area contributed by atoms with Gasteiger partial charge in [0.05, 0.1) is 25.3 Å². The smallest absolute Gasteiger partial charge is 0.214 e. The molecule has 0 unspecified atom stereocenters. The summed E-state index contributed by atoms with van der Waals surface area (Å²) in [5, 5.41) is 12.4. The summed E-state index contributed by atoms with van der Waals surface area (Å²) in [6.45, 7) is 5.49. The van der Waals surface area contributed by atoms with Gasteiger partial charge in [-0.05, 0) is 35.4 Å². The van der Waals surface area contributed by atoms with E-state index in [9.17, 15) is 4.39 Å².